The Bertz CT molecular complexity index is 316. The van der Waals surface area contributed by atoms with Gasteiger partial charge < -0.3 is 4.48 Å². The van der Waals surface area contributed by atoms with E-state index in [0.717, 1.165) is 5.92 Å². The molecule has 0 aromatic heterocycles. The molecule has 182 valence electrons. The predicted octanol–water partition coefficient (Wildman–Crippen LogP) is 9.93. The minimum Gasteiger partial charge on any atom is -0.328 e. The lowest BCUT2D eigenvalue weighted by Gasteiger charge is -2.29. The number of quaternary nitrogens is 1. The lowest BCUT2D eigenvalue weighted by atomic mass is 9.92. The summed E-state index contributed by atoms with van der Waals surface area (Å²) in [6.07, 6.45) is 30.6. The molecule has 0 heterocycles. The van der Waals surface area contributed by atoms with Crippen LogP contribution >= 0.6 is 0 Å². The number of nitrogens with zero attached hydrogens (tertiary/aromatic N) is 1. The van der Waals surface area contributed by atoms with Crippen molar-refractivity contribution < 1.29 is 4.48 Å². The van der Waals surface area contributed by atoms with Crippen LogP contribution in [-0.4, -0.2) is 31.7 Å². The maximum atomic E-state index is 2.39. The standard InChI is InChI=1S/C29H62N/c1-6-24-29(25-7-2)26-22-20-18-16-14-12-10-9-11-13-15-17-19-21-23-28-30(4,5)27-8-3/h29H,6-28H2,1-5H3/q+1. The zero-order chi connectivity index (χ0) is 22.3. The van der Waals surface area contributed by atoms with Crippen LogP contribution < -0.4 is 0 Å². The first-order chi connectivity index (χ1) is 14.6. The molecule has 30 heavy (non-hydrogen) atoms. The average molecular weight is 425 g/mol. The van der Waals surface area contributed by atoms with Crippen LogP contribution in [-0.2, 0) is 0 Å². The van der Waals surface area contributed by atoms with Crippen LogP contribution in [0.5, 0.6) is 0 Å². The third-order valence-corrected chi connectivity index (χ3v) is 7.10. The molecule has 0 radical (unpaired) electrons. The summed E-state index contributed by atoms with van der Waals surface area (Å²) < 4.78 is 1.22. The van der Waals surface area contributed by atoms with E-state index in [-0.39, 0.29) is 0 Å². The van der Waals surface area contributed by atoms with E-state index < -0.39 is 0 Å². The first-order valence-electron chi connectivity index (χ1n) is 14.4. The van der Waals surface area contributed by atoms with Gasteiger partial charge in [0.15, 0.2) is 0 Å². The summed E-state index contributed by atoms with van der Waals surface area (Å²) in [6.45, 7) is 9.70. The third kappa shape index (κ3) is 21.2. The predicted molar refractivity (Wildman–Crippen MR) is 139 cm³/mol. The Morgan fingerprint density at radius 1 is 0.400 bits per heavy atom. The summed E-state index contributed by atoms with van der Waals surface area (Å²) in [4.78, 5) is 0. The van der Waals surface area contributed by atoms with E-state index >= 15 is 0 Å². The highest BCUT2D eigenvalue weighted by Gasteiger charge is 2.12. The minimum atomic E-state index is 1.03. The van der Waals surface area contributed by atoms with Gasteiger partial charge in [-0.1, -0.05) is 136 Å². The number of unbranched alkanes of at least 4 members (excludes halogenated alkanes) is 14. The lowest BCUT2D eigenvalue weighted by Crippen LogP contribution is -2.40. The van der Waals surface area contributed by atoms with Gasteiger partial charge >= 0.3 is 0 Å². The summed E-state index contributed by atoms with van der Waals surface area (Å²) in [7, 11) is 4.78. The largest absolute Gasteiger partial charge is 0.328 e. The summed E-state index contributed by atoms with van der Waals surface area (Å²) in [6, 6.07) is 0. The fraction of sp³-hybridized carbons (Fsp3) is 1.00. The first kappa shape index (κ1) is 30.0. The van der Waals surface area contributed by atoms with Crippen molar-refractivity contribution in [3.63, 3.8) is 0 Å². The molecule has 0 aliphatic carbocycles. The van der Waals surface area contributed by atoms with Gasteiger partial charge in [-0.3, -0.25) is 0 Å². The van der Waals surface area contributed by atoms with Gasteiger partial charge in [0, 0.05) is 0 Å². The van der Waals surface area contributed by atoms with Gasteiger partial charge in [0.05, 0.1) is 27.2 Å². The second-order valence-electron chi connectivity index (χ2n) is 10.9. The number of rotatable bonds is 24. The maximum absolute atomic E-state index is 2.39. The van der Waals surface area contributed by atoms with Crippen LogP contribution in [0.3, 0.4) is 0 Å². The molecule has 0 rings (SSSR count). The van der Waals surface area contributed by atoms with Crippen molar-refractivity contribution in [3.05, 3.63) is 0 Å². The van der Waals surface area contributed by atoms with E-state index in [0.29, 0.717) is 0 Å². The Morgan fingerprint density at radius 2 is 0.767 bits per heavy atom. The van der Waals surface area contributed by atoms with E-state index in [9.17, 15) is 0 Å². The van der Waals surface area contributed by atoms with Crippen molar-refractivity contribution in [2.24, 2.45) is 5.92 Å². The molecule has 0 unspecified atom stereocenters. The van der Waals surface area contributed by atoms with E-state index in [1.807, 2.05) is 0 Å². The molecule has 0 aromatic carbocycles. The molecular formula is C29H62N+. The molecule has 0 saturated heterocycles. The van der Waals surface area contributed by atoms with Crippen LogP contribution in [0.15, 0.2) is 0 Å². The molecule has 0 spiro atoms. The van der Waals surface area contributed by atoms with Gasteiger partial charge in [-0.2, -0.15) is 0 Å². The van der Waals surface area contributed by atoms with Crippen molar-refractivity contribution in [2.75, 3.05) is 27.2 Å². The molecule has 0 amide bonds. The molecule has 0 bridgehead atoms. The van der Waals surface area contributed by atoms with E-state index in [4.69, 9.17) is 0 Å². The zero-order valence-electron chi connectivity index (χ0n) is 22.3. The van der Waals surface area contributed by atoms with Crippen LogP contribution in [0.4, 0.5) is 0 Å². The highest BCUT2D eigenvalue weighted by Crippen LogP contribution is 2.21. The lowest BCUT2D eigenvalue weighted by molar-refractivity contribution is -0.890. The molecule has 0 aliphatic rings. The normalized spacial score (nSPS) is 12.2. The monoisotopic (exact) mass is 424 g/mol. The van der Waals surface area contributed by atoms with Gasteiger partial charge in [-0.15, -0.1) is 0 Å². The molecule has 0 aliphatic heterocycles. The van der Waals surface area contributed by atoms with Crippen LogP contribution in [0.2, 0.25) is 0 Å². The van der Waals surface area contributed by atoms with Gasteiger partial charge in [0.2, 0.25) is 0 Å². The quantitative estimate of drug-likeness (QED) is 0.107. The van der Waals surface area contributed by atoms with Crippen LogP contribution in [0.25, 0.3) is 0 Å². The summed E-state index contributed by atoms with van der Waals surface area (Å²) in [5, 5.41) is 0. The molecule has 0 saturated carbocycles. The van der Waals surface area contributed by atoms with Crippen molar-refractivity contribution in [1.29, 1.82) is 0 Å². The first-order valence-corrected chi connectivity index (χ1v) is 14.4. The fourth-order valence-corrected chi connectivity index (χ4v) is 5.24. The van der Waals surface area contributed by atoms with Crippen LogP contribution in [0.1, 0.15) is 156 Å². The molecule has 0 N–H and O–H groups in total. The third-order valence-electron chi connectivity index (χ3n) is 7.10. The Kier molecular flexibility index (Phi) is 22.1. The van der Waals surface area contributed by atoms with Gasteiger partial charge in [0.25, 0.3) is 0 Å². The Morgan fingerprint density at radius 3 is 1.13 bits per heavy atom. The number of hydrogen-bond donors (Lipinski definition) is 0. The minimum absolute atomic E-state index is 1.03. The van der Waals surface area contributed by atoms with Gasteiger partial charge in [-0.25, -0.2) is 0 Å². The summed E-state index contributed by atoms with van der Waals surface area (Å²) in [5.41, 5.74) is 0. The van der Waals surface area contributed by atoms with E-state index in [1.54, 1.807) is 0 Å². The molecule has 1 nitrogen and oxygen atoms in total. The second kappa shape index (κ2) is 22.2. The van der Waals surface area contributed by atoms with Gasteiger partial charge in [0.1, 0.15) is 0 Å². The summed E-state index contributed by atoms with van der Waals surface area (Å²) in [5.74, 6) is 1.03. The van der Waals surface area contributed by atoms with Gasteiger partial charge in [-0.05, 0) is 25.2 Å². The smallest absolute Gasteiger partial charge is 0.0782 e. The molecular weight excluding hydrogens is 362 g/mol. The second-order valence-corrected chi connectivity index (χ2v) is 10.9. The highest BCUT2D eigenvalue weighted by atomic mass is 15.3. The zero-order valence-corrected chi connectivity index (χ0v) is 22.3. The fourth-order valence-electron chi connectivity index (χ4n) is 5.24. The Hall–Kier alpha value is -0.0400. The SMILES string of the molecule is CCCC(CCC)CCCCCCCCCCCCCCCCC[N+](C)(C)CCC. The highest BCUT2D eigenvalue weighted by molar-refractivity contribution is 4.59. The van der Waals surface area contributed by atoms with Crippen LogP contribution in [0, 0.1) is 5.92 Å². The van der Waals surface area contributed by atoms with Crippen molar-refractivity contribution in [3.8, 4) is 0 Å². The van der Waals surface area contributed by atoms with E-state index in [1.165, 1.54) is 152 Å². The number of hydrogen-bond acceptors (Lipinski definition) is 0. The summed E-state index contributed by atoms with van der Waals surface area (Å²) >= 11 is 0. The Balaban J connectivity index is 3.23. The van der Waals surface area contributed by atoms with E-state index in [2.05, 4.69) is 34.9 Å². The molecule has 0 aromatic rings. The topological polar surface area (TPSA) is 0 Å². The van der Waals surface area contributed by atoms with Crippen molar-refractivity contribution in [2.45, 2.75) is 156 Å². The average Bonchev–Trinajstić information content (AvgIpc) is 2.70. The maximum Gasteiger partial charge on any atom is 0.0782 e. The molecule has 0 atom stereocenters. The molecule has 1 heteroatoms. The molecule has 0 fully saturated rings. The Labute approximate surface area is 193 Å². The van der Waals surface area contributed by atoms with Crippen molar-refractivity contribution in [1.82, 2.24) is 0 Å². The van der Waals surface area contributed by atoms with Crippen molar-refractivity contribution >= 4 is 0 Å².